The Morgan fingerprint density at radius 2 is 2.05 bits per heavy atom. The van der Waals surface area contributed by atoms with Crippen LogP contribution in [0.15, 0.2) is 48.5 Å². The molecular formula is C18H19NO3. The molecule has 4 nitrogen and oxygen atoms in total. The van der Waals surface area contributed by atoms with Crippen LogP contribution in [-0.2, 0) is 4.79 Å². The Morgan fingerprint density at radius 3 is 2.77 bits per heavy atom. The maximum atomic E-state index is 12.2. The van der Waals surface area contributed by atoms with Crippen LogP contribution in [-0.4, -0.2) is 24.2 Å². The molecule has 22 heavy (non-hydrogen) atoms. The molecule has 0 radical (unpaired) electrons. The highest BCUT2D eigenvalue weighted by Crippen LogP contribution is 2.35. The molecule has 1 amide bonds. The molecule has 2 aromatic carbocycles. The maximum absolute atomic E-state index is 12.2. The second kappa shape index (κ2) is 6.20. The van der Waals surface area contributed by atoms with Crippen LogP contribution in [0.4, 0.5) is 5.69 Å². The zero-order valence-electron chi connectivity index (χ0n) is 12.5. The monoisotopic (exact) mass is 297 g/mol. The lowest BCUT2D eigenvalue weighted by Gasteiger charge is -2.20. The maximum Gasteiger partial charge on any atom is 0.227 e. The number of carbonyl (C=O) groups excluding carboxylic acids is 1. The van der Waals surface area contributed by atoms with Crippen LogP contribution in [0, 0.1) is 12.8 Å². The standard InChI is InChI=1S/C18H19NO3/c1-13-5-4-6-15(9-13)22-17-8-3-2-7-16(17)19-11-14(12-20)10-18(19)21/h2-9,14,20H,10-12H2,1H3. The van der Waals surface area contributed by atoms with Crippen molar-refractivity contribution in [2.45, 2.75) is 13.3 Å². The smallest absolute Gasteiger partial charge is 0.227 e. The molecule has 3 rings (SSSR count). The Morgan fingerprint density at radius 1 is 1.23 bits per heavy atom. The Balaban J connectivity index is 1.89. The molecule has 1 N–H and O–H groups in total. The van der Waals surface area contributed by atoms with Gasteiger partial charge < -0.3 is 14.7 Å². The SMILES string of the molecule is Cc1cccc(Oc2ccccc2N2CC(CO)CC2=O)c1. The van der Waals surface area contributed by atoms with E-state index >= 15 is 0 Å². The van der Waals surface area contributed by atoms with Gasteiger partial charge in [-0.2, -0.15) is 0 Å². The summed E-state index contributed by atoms with van der Waals surface area (Å²) in [7, 11) is 0. The molecule has 0 spiro atoms. The molecule has 1 heterocycles. The number of benzene rings is 2. The van der Waals surface area contributed by atoms with E-state index in [1.807, 2.05) is 55.5 Å². The minimum Gasteiger partial charge on any atom is -0.455 e. The van der Waals surface area contributed by atoms with E-state index in [2.05, 4.69) is 0 Å². The van der Waals surface area contributed by atoms with Gasteiger partial charge in [0.2, 0.25) is 5.91 Å². The summed E-state index contributed by atoms with van der Waals surface area (Å²) in [5.74, 6) is 1.43. The van der Waals surface area contributed by atoms with E-state index < -0.39 is 0 Å². The molecule has 0 aromatic heterocycles. The predicted octanol–water partition coefficient (Wildman–Crippen LogP) is 3.13. The molecule has 1 unspecified atom stereocenters. The fourth-order valence-electron chi connectivity index (χ4n) is 2.71. The summed E-state index contributed by atoms with van der Waals surface area (Å²) in [6.45, 7) is 2.57. The molecule has 1 aliphatic heterocycles. The van der Waals surface area contributed by atoms with Crippen molar-refractivity contribution >= 4 is 11.6 Å². The van der Waals surface area contributed by atoms with Crippen molar-refractivity contribution in [3.8, 4) is 11.5 Å². The second-order valence-electron chi connectivity index (χ2n) is 5.64. The third-order valence-corrected chi connectivity index (χ3v) is 3.84. The van der Waals surface area contributed by atoms with Gasteiger partial charge in [0.25, 0.3) is 0 Å². The second-order valence-corrected chi connectivity index (χ2v) is 5.64. The van der Waals surface area contributed by atoms with Gasteiger partial charge in [0.05, 0.1) is 5.69 Å². The molecule has 0 aliphatic carbocycles. The highest BCUT2D eigenvalue weighted by molar-refractivity contribution is 5.97. The Kier molecular flexibility index (Phi) is 4.11. The summed E-state index contributed by atoms with van der Waals surface area (Å²) in [6, 6.07) is 15.3. The number of amides is 1. The van der Waals surface area contributed by atoms with Crippen LogP contribution < -0.4 is 9.64 Å². The molecule has 2 aromatic rings. The van der Waals surface area contributed by atoms with E-state index in [4.69, 9.17) is 4.74 Å². The molecule has 4 heteroatoms. The van der Waals surface area contributed by atoms with E-state index in [9.17, 15) is 9.90 Å². The van der Waals surface area contributed by atoms with E-state index in [0.29, 0.717) is 18.7 Å². The normalized spacial score (nSPS) is 17.8. The highest BCUT2D eigenvalue weighted by Gasteiger charge is 2.31. The number of para-hydroxylation sites is 2. The summed E-state index contributed by atoms with van der Waals surface area (Å²) in [5, 5.41) is 9.27. The summed E-state index contributed by atoms with van der Waals surface area (Å²) < 4.78 is 5.96. The number of ether oxygens (including phenoxy) is 1. The number of aliphatic hydroxyl groups excluding tert-OH is 1. The molecule has 1 fully saturated rings. The third kappa shape index (κ3) is 2.97. The molecule has 114 valence electrons. The molecular weight excluding hydrogens is 278 g/mol. The van der Waals surface area contributed by atoms with Crippen molar-refractivity contribution in [1.29, 1.82) is 0 Å². The first-order valence-electron chi connectivity index (χ1n) is 7.42. The van der Waals surface area contributed by atoms with Crippen LogP contribution >= 0.6 is 0 Å². The molecule has 1 aliphatic rings. The van der Waals surface area contributed by atoms with Crippen LogP contribution in [0.25, 0.3) is 0 Å². The number of rotatable bonds is 4. The van der Waals surface area contributed by atoms with Crippen LogP contribution in [0.2, 0.25) is 0 Å². The van der Waals surface area contributed by atoms with Gasteiger partial charge in [-0.25, -0.2) is 0 Å². The first kappa shape index (κ1) is 14.6. The van der Waals surface area contributed by atoms with Gasteiger partial charge in [-0.1, -0.05) is 24.3 Å². The Bertz CT molecular complexity index is 684. The number of anilines is 1. The van der Waals surface area contributed by atoms with Crippen LogP contribution in [0.3, 0.4) is 0 Å². The number of aryl methyl sites for hydroxylation is 1. The van der Waals surface area contributed by atoms with Gasteiger partial charge in [-0.15, -0.1) is 0 Å². The lowest BCUT2D eigenvalue weighted by molar-refractivity contribution is -0.117. The van der Waals surface area contributed by atoms with Crippen molar-refractivity contribution in [2.75, 3.05) is 18.1 Å². The van der Waals surface area contributed by atoms with Crippen LogP contribution in [0.5, 0.6) is 11.5 Å². The first-order valence-corrected chi connectivity index (χ1v) is 7.42. The zero-order chi connectivity index (χ0) is 15.5. The lowest BCUT2D eigenvalue weighted by atomic mass is 10.1. The molecule has 0 bridgehead atoms. The minimum atomic E-state index is -0.000439. The minimum absolute atomic E-state index is 0.000439. The Labute approximate surface area is 130 Å². The quantitative estimate of drug-likeness (QED) is 0.943. The largest absolute Gasteiger partial charge is 0.455 e. The van der Waals surface area contributed by atoms with Gasteiger partial charge in [0.15, 0.2) is 5.75 Å². The lowest BCUT2D eigenvalue weighted by Crippen LogP contribution is -2.25. The average Bonchev–Trinajstić information content (AvgIpc) is 2.89. The summed E-state index contributed by atoms with van der Waals surface area (Å²) in [6.07, 6.45) is 0.384. The fraction of sp³-hybridized carbons (Fsp3) is 0.278. The van der Waals surface area contributed by atoms with Gasteiger partial charge >= 0.3 is 0 Å². The van der Waals surface area contributed by atoms with Gasteiger partial charge in [-0.3, -0.25) is 4.79 Å². The molecule has 1 atom stereocenters. The average molecular weight is 297 g/mol. The van der Waals surface area contributed by atoms with E-state index in [-0.39, 0.29) is 18.4 Å². The fourth-order valence-corrected chi connectivity index (χ4v) is 2.71. The topological polar surface area (TPSA) is 49.8 Å². The number of aliphatic hydroxyl groups is 1. The van der Waals surface area contributed by atoms with Crippen molar-refractivity contribution in [2.24, 2.45) is 5.92 Å². The summed E-state index contributed by atoms with van der Waals surface area (Å²) in [4.78, 5) is 13.9. The Hall–Kier alpha value is -2.33. The first-order chi connectivity index (χ1) is 10.7. The number of carbonyl (C=O) groups is 1. The van der Waals surface area contributed by atoms with Crippen molar-refractivity contribution in [1.82, 2.24) is 0 Å². The summed E-state index contributed by atoms with van der Waals surface area (Å²) >= 11 is 0. The zero-order valence-corrected chi connectivity index (χ0v) is 12.5. The van der Waals surface area contributed by atoms with E-state index in [1.165, 1.54) is 0 Å². The van der Waals surface area contributed by atoms with Crippen LogP contribution in [0.1, 0.15) is 12.0 Å². The predicted molar refractivity (Wildman–Crippen MR) is 85.2 cm³/mol. The third-order valence-electron chi connectivity index (χ3n) is 3.84. The molecule has 0 saturated carbocycles. The van der Waals surface area contributed by atoms with Crippen molar-refractivity contribution in [3.63, 3.8) is 0 Å². The van der Waals surface area contributed by atoms with Crippen molar-refractivity contribution < 1.29 is 14.6 Å². The van der Waals surface area contributed by atoms with Crippen molar-refractivity contribution in [3.05, 3.63) is 54.1 Å². The number of nitrogens with zero attached hydrogens (tertiary/aromatic N) is 1. The van der Waals surface area contributed by atoms with E-state index in [1.54, 1.807) is 4.90 Å². The van der Waals surface area contributed by atoms with Gasteiger partial charge in [0.1, 0.15) is 5.75 Å². The summed E-state index contributed by atoms with van der Waals surface area (Å²) in [5.41, 5.74) is 1.87. The van der Waals surface area contributed by atoms with Gasteiger partial charge in [0, 0.05) is 25.5 Å². The molecule has 1 saturated heterocycles. The number of hydrogen-bond acceptors (Lipinski definition) is 3. The highest BCUT2D eigenvalue weighted by atomic mass is 16.5. The van der Waals surface area contributed by atoms with E-state index in [0.717, 1.165) is 17.0 Å². The van der Waals surface area contributed by atoms with Gasteiger partial charge in [-0.05, 0) is 36.8 Å². The number of hydrogen-bond donors (Lipinski definition) is 1.